The fourth-order valence-electron chi connectivity index (χ4n) is 3.55. The number of fused-ring (bicyclic) bond motifs is 2. The molecule has 9 heteroatoms. The smallest absolute Gasteiger partial charge is 0.274 e. The molecule has 8 nitrogen and oxygen atoms in total. The predicted molar refractivity (Wildman–Crippen MR) is 96.6 cm³/mol. The Morgan fingerprint density at radius 3 is 2.92 bits per heavy atom. The second-order valence-electron chi connectivity index (χ2n) is 6.42. The number of aromatic nitrogens is 4. The lowest BCUT2D eigenvalue weighted by molar-refractivity contribution is 0.0726. The summed E-state index contributed by atoms with van der Waals surface area (Å²) in [5, 5.41) is 1.96. The molecule has 3 aromatic heterocycles. The van der Waals surface area contributed by atoms with Crippen LogP contribution in [0.2, 0.25) is 0 Å². The van der Waals surface area contributed by atoms with Crippen LogP contribution in [-0.4, -0.2) is 63.0 Å². The Morgan fingerprint density at radius 2 is 2.08 bits per heavy atom. The van der Waals surface area contributed by atoms with Crippen LogP contribution >= 0.6 is 11.3 Å². The van der Waals surface area contributed by atoms with Crippen LogP contribution in [0.25, 0.3) is 4.96 Å². The highest BCUT2D eigenvalue weighted by molar-refractivity contribution is 7.15. The molecular weight excluding hydrogens is 352 g/mol. The molecule has 2 aliphatic rings. The lowest BCUT2D eigenvalue weighted by Gasteiger charge is -2.33. The third-order valence-electron chi connectivity index (χ3n) is 4.89. The first-order chi connectivity index (χ1) is 12.8. The topological polar surface area (TPSA) is 75.9 Å². The van der Waals surface area contributed by atoms with Gasteiger partial charge in [0.15, 0.2) is 4.96 Å². The van der Waals surface area contributed by atoms with E-state index in [0.29, 0.717) is 18.8 Å². The Balaban J connectivity index is 1.39. The molecule has 0 unspecified atom stereocenters. The van der Waals surface area contributed by atoms with Crippen molar-refractivity contribution in [2.45, 2.75) is 13.0 Å². The number of thiazole rings is 1. The molecule has 0 N–H and O–H groups in total. The Labute approximate surface area is 154 Å². The van der Waals surface area contributed by atoms with Crippen LogP contribution in [0.1, 0.15) is 21.7 Å². The number of anilines is 1. The number of carbonyl (C=O) groups is 1. The molecular formula is C17H18N6O2S. The van der Waals surface area contributed by atoms with Crippen LogP contribution in [0, 0.1) is 0 Å². The van der Waals surface area contributed by atoms with Crippen molar-refractivity contribution in [2.24, 2.45) is 0 Å². The molecule has 0 atom stereocenters. The lowest BCUT2D eigenvalue weighted by atomic mass is 10.0. The van der Waals surface area contributed by atoms with Gasteiger partial charge < -0.3 is 14.5 Å². The Kier molecular flexibility index (Phi) is 3.83. The number of imidazole rings is 1. The molecule has 5 heterocycles. The monoisotopic (exact) mass is 370 g/mol. The van der Waals surface area contributed by atoms with Crippen LogP contribution in [-0.2, 0) is 17.7 Å². The average molecular weight is 370 g/mol. The zero-order valence-corrected chi connectivity index (χ0v) is 15.0. The number of nitrogens with zero attached hydrogens (tertiary/aromatic N) is 6. The van der Waals surface area contributed by atoms with Gasteiger partial charge in [-0.1, -0.05) is 0 Å². The van der Waals surface area contributed by atoms with Gasteiger partial charge in [0.25, 0.3) is 5.91 Å². The summed E-state index contributed by atoms with van der Waals surface area (Å²) in [4.78, 5) is 31.1. The summed E-state index contributed by atoms with van der Waals surface area (Å²) in [6.45, 7) is 4.29. The van der Waals surface area contributed by atoms with Crippen molar-refractivity contribution in [1.82, 2.24) is 24.3 Å². The molecule has 0 aromatic carbocycles. The van der Waals surface area contributed by atoms with Crippen LogP contribution in [0.4, 0.5) is 5.82 Å². The lowest BCUT2D eigenvalue weighted by Crippen LogP contribution is -2.40. The van der Waals surface area contributed by atoms with Crippen molar-refractivity contribution in [2.75, 3.05) is 37.7 Å². The van der Waals surface area contributed by atoms with Crippen LogP contribution in [0.5, 0.6) is 0 Å². The fourth-order valence-corrected chi connectivity index (χ4v) is 4.25. The van der Waals surface area contributed by atoms with Gasteiger partial charge in [0.1, 0.15) is 17.8 Å². The molecule has 0 bridgehead atoms. The van der Waals surface area contributed by atoms with Gasteiger partial charge in [-0.2, -0.15) is 0 Å². The SMILES string of the molecule is O=C(c1cn2ccsc2n1)N1CCc2c(ncnc2N2CCOCC2)C1. The average Bonchev–Trinajstić information content (AvgIpc) is 3.29. The minimum absolute atomic E-state index is 0.0434. The van der Waals surface area contributed by atoms with E-state index < -0.39 is 0 Å². The van der Waals surface area contributed by atoms with Crippen molar-refractivity contribution in [3.63, 3.8) is 0 Å². The summed E-state index contributed by atoms with van der Waals surface area (Å²) in [5.41, 5.74) is 2.58. The molecule has 0 aliphatic carbocycles. The number of hydrogen-bond donors (Lipinski definition) is 0. The zero-order chi connectivity index (χ0) is 17.5. The normalized spacial score (nSPS) is 17.5. The Bertz CT molecular complexity index is 933. The predicted octanol–water partition coefficient (Wildman–Crippen LogP) is 1.22. The molecule has 0 radical (unpaired) electrons. The molecule has 2 aliphatic heterocycles. The number of hydrogen-bond acceptors (Lipinski definition) is 7. The number of morpholine rings is 1. The van der Waals surface area contributed by atoms with Crippen LogP contribution in [0.15, 0.2) is 24.1 Å². The molecule has 0 spiro atoms. The maximum atomic E-state index is 12.8. The first-order valence-electron chi connectivity index (χ1n) is 8.66. The molecule has 1 amide bonds. The van der Waals surface area contributed by atoms with Crippen molar-refractivity contribution < 1.29 is 9.53 Å². The van der Waals surface area contributed by atoms with Crippen LogP contribution in [0.3, 0.4) is 0 Å². The third kappa shape index (κ3) is 2.63. The van der Waals surface area contributed by atoms with Gasteiger partial charge >= 0.3 is 0 Å². The van der Waals surface area contributed by atoms with Crippen LogP contribution < -0.4 is 4.90 Å². The number of amides is 1. The van der Waals surface area contributed by atoms with Crippen molar-refractivity contribution in [1.29, 1.82) is 0 Å². The summed E-state index contributed by atoms with van der Waals surface area (Å²) in [7, 11) is 0. The van der Waals surface area contributed by atoms with E-state index in [2.05, 4.69) is 19.9 Å². The second-order valence-corrected chi connectivity index (χ2v) is 7.29. The van der Waals surface area contributed by atoms with E-state index in [-0.39, 0.29) is 5.91 Å². The van der Waals surface area contributed by atoms with Crippen molar-refractivity contribution >= 4 is 28.0 Å². The first kappa shape index (κ1) is 15.7. The minimum Gasteiger partial charge on any atom is -0.378 e. The largest absolute Gasteiger partial charge is 0.378 e. The number of ether oxygens (including phenoxy) is 1. The summed E-state index contributed by atoms with van der Waals surface area (Å²) in [6, 6.07) is 0. The summed E-state index contributed by atoms with van der Waals surface area (Å²) in [5.74, 6) is 0.950. The highest BCUT2D eigenvalue weighted by atomic mass is 32.1. The summed E-state index contributed by atoms with van der Waals surface area (Å²) < 4.78 is 7.32. The van der Waals surface area contributed by atoms with Gasteiger partial charge in [0, 0.05) is 43.0 Å². The molecule has 0 saturated carbocycles. The maximum absolute atomic E-state index is 12.8. The second kappa shape index (κ2) is 6.33. The van der Waals surface area contributed by atoms with E-state index in [9.17, 15) is 4.79 Å². The molecule has 5 rings (SSSR count). The van der Waals surface area contributed by atoms with E-state index in [0.717, 1.165) is 54.8 Å². The minimum atomic E-state index is -0.0434. The molecule has 3 aromatic rings. The first-order valence-corrected chi connectivity index (χ1v) is 9.54. The fraction of sp³-hybridized carbons (Fsp3) is 0.412. The Hall–Kier alpha value is -2.52. The molecule has 134 valence electrons. The van der Waals surface area contributed by atoms with E-state index in [1.54, 1.807) is 12.5 Å². The highest BCUT2D eigenvalue weighted by Crippen LogP contribution is 2.27. The standard InChI is InChI=1S/C17H18N6O2S/c24-16(14-10-23-5-8-26-17(23)20-14)22-2-1-12-13(9-22)18-11-19-15(12)21-3-6-25-7-4-21/h5,8,10-11H,1-4,6-7,9H2. The third-order valence-corrected chi connectivity index (χ3v) is 5.67. The molecule has 26 heavy (non-hydrogen) atoms. The van der Waals surface area contributed by atoms with Gasteiger partial charge in [-0.3, -0.25) is 9.20 Å². The van der Waals surface area contributed by atoms with Gasteiger partial charge in [0.2, 0.25) is 0 Å². The molecule has 1 saturated heterocycles. The van der Waals surface area contributed by atoms with E-state index in [1.807, 2.05) is 20.9 Å². The highest BCUT2D eigenvalue weighted by Gasteiger charge is 2.28. The van der Waals surface area contributed by atoms with E-state index in [1.165, 1.54) is 11.3 Å². The Morgan fingerprint density at radius 1 is 1.19 bits per heavy atom. The number of carbonyl (C=O) groups excluding carboxylic acids is 1. The van der Waals surface area contributed by atoms with Gasteiger partial charge in [-0.05, 0) is 6.42 Å². The van der Waals surface area contributed by atoms with Gasteiger partial charge in [0.05, 0.1) is 25.5 Å². The van der Waals surface area contributed by atoms with Crippen molar-refractivity contribution in [3.8, 4) is 0 Å². The summed E-state index contributed by atoms with van der Waals surface area (Å²) in [6.07, 6.45) is 6.07. The maximum Gasteiger partial charge on any atom is 0.274 e. The summed E-state index contributed by atoms with van der Waals surface area (Å²) >= 11 is 1.52. The van der Waals surface area contributed by atoms with Crippen molar-refractivity contribution in [3.05, 3.63) is 41.1 Å². The van der Waals surface area contributed by atoms with Gasteiger partial charge in [-0.25, -0.2) is 15.0 Å². The zero-order valence-electron chi connectivity index (χ0n) is 14.2. The number of rotatable bonds is 2. The quantitative estimate of drug-likeness (QED) is 0.675. The van der Waals surface area contributed by atoms with E-state index in [4.69, 9.17) is 4.74 Å². The van der Waals surface area contributed by atoms with E-state index >= 15 is 0 Å². The van der Waals surface area contributed by atoms with Gasteiger partial charge in [-0.15, -0.1) is 11.3 Å². The molecule has 1 fully saturated rings.